The molecule has 0 spiro atoms. The molecule has 4 rings (SSSR count). The monoisotopic (exact) mass is 384 g/mol. The first-order valence-electron chi connectivity index (χ1n) is 9.03. The molecule has 6 nitrogen and oxygen atoms in total. The van der Waals surface area contributed by atoms with Crippen molar-refractivity contribution in [2.24, 2.45) is 0 Å². The van der Waals surface area contributed by atoms with Crippen LogP contribution in [0.1, 0.15) is 6.42 Å². The number of nitrogens with zero attached hydrogens (tertiary/aromatic N) is 3. The molecule has 7 heteroatoms. The van der Waals surface area contributed by atoms with Gasteiger partial charge >= 0.3 is 0 Å². The lowest BCUT2D eigenvalue weighted by Gasteiger charge is -2.31. The van der Waals surface area contributed by atoms with Crippen LogP contribution in [0.3, 0.4) is 0 Å². The highest BCUT2D eigenvalue weighted by atomic mass is 35.5. The molecule has 0 atom stereocenters. The maximum atomic E-state index is 12.6. The SMILES string of the molecule is O=C(CCn1cnc2ccccc21)Nc1cccc(Cl)c1N1CCOCC1. The van der Waals surface area contributed by atoms with E-state index >= 15 is 0 Å². The van der Waals surface area contributed by atoms with Crippen molar-refractivity contribution < 1.29 is 9.53 Å². The van der Waals surface area contributed by atoms with Crippen LogP contribution in [0.4, 0.5) is 11.4 Å². The van der Waals surface area contributed by atoms with Crippen LogP contribution in [0.15, 0.2) is 48.8 Å². The van der Waals surface area contributed by atoms with E-state index in [-0.39, 0.29) is 5.91 Å². The van der Waals surface area contributed by atoms with Gasteiger partial charge in [-0.3, -0.25) is 4.79 Å². The Morgan fingerprint density at radius 2 is 1.96 bits per heavy atom. The predicted octanol–water partition coefficient (Wildman–Crippen LogP) is 3.56. The minimum atomic E-state index is -0.0513. The third-order valence-electron chi connectivity index (χ3n) is 4.70. The summed E-state index contributed by atoms with van der Waals surface area (Å²) in [5.41, 5.74) is 3.57. The van der Waals surface area contributed by atoms with Crippen molar-refractivity contribution >= 4 is 39.9 Å². The number of rotatable bonds is 5. The van der Waals surface area contributed by atoms with Crippen molar-refractivity contribution in [3.05, 3.63) is 53.8 Å². The zero-order valence-electron chi connectivity index (χ0n) is 14.9. The number of hydrogen-bond donors (Lipinski definition) is 1. The minimum absolute atomic E-state index is 0.0513. The number of nitrogens with one attached hydrogen (secondary N) is 1. The lowest BCUT2D eigenvalue weighted by molar-refractivity contribution is -0.116. The zero-order chi connectivity index (χ0) is 18.6. The van der Waals surface area contributed by atoms with Crippen LogP contribution in [0.5, 0.6) is 0 Å². The van der Waals surface area contributed by atoms with Crippen molar-refractivity contribution in [1.82, 2.24) is 9.55 Å². The second kappa shape index (κ2) is 7.98. The second-order valence-electron chi connectivity index (χ2n) is 6.46. The molecule has 1 N–H and O–H groups in total. The number of ether oxygens (including phenoxy) is 1. The van der Waals surface area contributed by atoms with Gasteiger partial charge in [0.15, 0.2) is 0 Å². The lowest BCUT2D eigenvalue weighted by atomic mass is 10.2. The number of anilines is 2. The Labute approximate surface area is 162 Å². The Morgan fingerprint density at radius 3 is 2.81 bits per heavy atom. The molecule has 0 bridgehead atoms. The lowest BCUT2D eigenvalue weighted by Crippen LogP contribution is -2.37. The van der Waals surface area contributed by atoms with E-state index in [0.717, 1.165) is 35.5 Å². The van der Waals surface area contributed by atoms with Gasteiger partial charge in [-0.1, -0.05) is 29.8 Å². The van der Waals surface area contributed by atoms with E-state index in [1.807, 2.05) is 47.0 Å². The molecule has 0 radical (unpaired) electrons. The molecule has 1 fully saturated rings. The number of amides is 1. The van der Waals surface area contributed by atoms with Gasteiger partial charge in [0, 0.05) is 26.1 Å². The average molecular weight is 385 g/mol. The van der Waals surface area contributed by atoms with Crippen molar-refractivity contribution in [2.45, 2.75) is 13.0 Å². The second-order valence-corrected chi connectivity index (χ2v) is 6.87. The highest BCUT2D eigenvalue weighted by Gasteiger charge is 2.19. The molecule has 1 aliphatic heterocycles. The average Bonchev–Trinajstić information content (AvgIpc) is 3.10. The van der Waals surface area contributed by atoms with Gasteiger partial charge in [0.2, 0.25) is 5.91 Å². The number of carbonyl (C=O) groups is 1. The number of hydrogen-bond acceptors (Lipinski definition) is 4. The third kappa shape index (κ3) is 3.91. The van der Waals surface area contributed by atoms with Crippen LogP contribution in [-0.2, 0) is 16.1 Å². The van der Waals surface area contributed by atoms with E-state index in [0.29, 0.717) is 31.2 Å². The van der Waals surface area contributed by atoms with Crippen LogP contribution < -0.4 is 10.2 Å². The van der Waals surface area contributed by atoms with Gasteiger partial charge in [0.05, 0.1) is 47.0 Å². The summed E-state index contributed by atoms with van der Waals surface area (Å²) < 4.78 is 7.41. The number of benzene rings is 2. The molecule has 1 aromatic heterocycles. The van der Waals surface area contributed by atoms with Gasteiger partial charge < -0.3 is 19.5 Å². The maximum Gasteiger partial charge on any atom is 0.226 e. The molecule has 0 aliphatic carbocycles. The van der Waals surface area contributed by atoms with Crippen LogP contribution in [0.2, 0.25) is 5.02 Å². The van der Waals surface area contributed by atoms with Crippen LogP contribution in [0, 0.1) is 0 Å². The van der Waals surface area contributed by atoms with Gasteiger partial charge in [0.1, 0.15) is 0 Å². The number of para-hydroxylation sites is 3. The summed E-state index contributed by atoms with van der Waals surface area (Å²) in [6.07, 6.45) is 2.13. The van der Waals surface area contributed by atoms with Gasteiger partial charge in [-0.2, -0.15) is 0 Å². The van der Waals surface area contributed by atoms with E-state index in [2.05, 4.69) is 15.2 Å². The number of aromatic nitrogens is 2. The molecule has 3 aromatic rings. The topological polar surface area (TPSA) is 59.4 Å². The Bertz CT molecular complexity index is 950. The predicted molar refractivity (Wildman–Crippen MR) is 107 cm³/mol. The summed E-state index contributed by atoms with van der Waals surface area (Å²) in [5, 5.41) is 3.65. The molecule has 0 unspecified atom stereocenters. The van der Waals surface area contributed by atoms with Crippen molar-refractivity contribution in [3.63, 3.8) is 0 Å². The summed E-state index contributed by atoms with van der Waals surface area (Å²) >= 11 is 6.42. The smallest absolute Gasteiger partial charge is 0.226 e. The Balaban J connectivity index is 1.46. The molecule has 1 aliphatic rings. The molecule has 0 saturated carbocycles. The summed E-state index contributed by atoms with van der Waals surface area (Å²) in [4.78, 5) is 19.1. The fraction of sp³-hybridized carbons (Fsp3) is 0.300. The highest BCUT2D eigenvalue weighted by molar-refractivity contribution is 6.34. The summed E-state index contributed by atoms with van der Waals surface area (Å²) in [7, 11) is 0. The Morgan fingerprint density at radius 1 is 1.15 bits per heavy atom. The van der Waals surface area contributed by atoms with Gasteiger partial charge in [-0.05, 0) is 24.3 Å². The summed E-state index contributed by atoms with van der Waals surface area (Å²) in [5.74, 6) is -0.0513. The first kappa shape index (κ1) is 17.8. The van der Waals surface area contributed by atoms with Gasteiger partial charge in [-0.15, -0.1) is 0 Å². The van der Waals surface area contributed by atoms with Crippen molar-refractivity contribution in [2.75, 3.05) is 36.5 Å². The van der Waals surface area contributed by atoms with Crippen LogP contribution >= 0.6 is 11.6 Å². The molecule has 1 amide bonds. The number of imidazole rings is 1. The molecule has 2 heterocycles. The van der Waals surface area contributed by atoms with E-state index in [9.17, 15) is 4.79 Å². The third-order valence-corrected chi connectivity index (χ3v) is 5.00. The Kier molecular flexibility index (Phi) is 5.27. The largest absolute Gasteiger partial charge is 0.378 e. The molecular weight excluding hydrogens is 364 g/mol. The first-order valence-corrected chi connectivity index (χ1v) is 9.41. The van der Waals surface area contributed by atoms with Crippen molar-refractivity contribution in [1.29, 1.82) is 0 Å². The van der Waals surface area contributed by atoms with Crippen LogP contribution in [0.25, 0.3) is 11.0 Å². The summed E-state index contributed by atoms with van der Waals surface area (Å²) in [6, 6.07) is 13.5. The van der Waals surface area contributed by atoms with E-state index < -0.39 is 0 Å². The molecule has 140 valence electrons. The maximum absolute atomic E-state index is 12.6. The fourth-order valence-corrected chi connectivity index (χ4v) is 3.64. The normalized spacial score (nSPS) is 14.5. The fourth-order valence-electron chi connectivity index (χ4n) is 3.35. The quantitative estimate of drug-likeness (QED) is 0.730. The standard InChI is InChI=1S/C20H21ClN4O2/c21-15-4-3-6-17(20(15)24-10-12-27-13-11-24)23-19(26)8-9-25-14-22-16-5-1-2-7-18(16)25/h1-7,14H,8-13H2,(H,23,26). The highest BCUT2D eigenvalue weighted by Crippen LogP contribution is 2.34. The molecule has 1 saturated heterocycles. The zero-order valence-corrected chi connectivity index (χ0v) is 15.7. The number of fused-ring (bicyclic) bond motifs is 1. The van der Waals surface area contributed by atoms with Crippen LogP contribution in [-0.4, -0.2) is 41.8 Å². The van der Waals surface area contributed by atoms with Gasteiger partial charge in [-0.25, -0.2) is 4.98 Å². The number of aryl methyl sites for hydroxylation is 1. The van der Waals surface area contributed by atoms with E-state index in [1.54, 1.807) is 6.33 Å². The number of halogens is 1. The van der Waals surface area contributed by atoms with E-state index in [1.165, 1.54) is 0 Å². The minimum Gasteiger partial charge on any atom is -0.378 e. The Hall–Kier alpha value is -2.57. The molecule has 27 heavy (non-hydrogen) atoms. The number of carbonyl (C=O) groups excluding carboxylic acids is 1. The van der Waals surface area contributed by atoms with E-state index in [4.69, 9.17) is 16.3 Å². The number of morpholine rings is 1. The first-order chi connectivity index (χ1) is 13.2. The van der Waals surface area contributed by atoms with Crippen molar-refractivity contribution in [3.8, 4) is 0 Å². The molecule has 2 aromatic carbocycles. The summed E-state index contributed by atoms with van der Waals surface area (Å²) in [6.45, 7) is 3.40. The van der Waals surface area contributed by atoms with Gasteiger partial charge in [0.25, 0.3) is 0 Å². The molecular formula is C20H21ClN4O2.